The summed E-state index contributed by atoms with van der Waals surface area (Å²) in [6.45, 7) is 6.56. The zero-order chi connectivity index (χ0) is 20.7. The highest BCUT2D eigenvalue weighted by atomic mass is 16.5. The Bertz CT molecular complexity index is 1100. The number of anilines is 1. The average molecular weight is 391 g/mol. The van der Waals surface area contributed by atoms with Crippen molar-refractivity contribution in [3.8, 4) is 5.75 Å². The maximum Gasteiger partial charge on any atom is 0.254 e. The third kappa shape index (κ3) is 3.35. The summed E-state index contributed by atoms with van der Waals surface area (Å²) in [5.41, 5.74) is 4.65. The summed E-state index contributed by atoms with van der Waals surface area (Å²) >= 11 is 0. The smallest absolute Gasteiger partial charge is 0.254 e. The molecule has 1 fully saturated rings. The second-order valence-corrected chi connectivity index (χ2v) is 7.64. The summed E-state index contributed by atoms with van der Waals surface area (Å²) in [7, 11) is 1.60. The number of ether oxygens (including phenoxy) is 1. The van der Waals surface area contributed by atoms with Crippen LogP contribution in [0, 0.1) is 13.8 Å². The molecule has 0 radical (unpaired) electrons. The summed E-state index contributed by atoms with van der Waals surface area (Å²) in [4.78, 5) is 32.7. The van der Waals surface area contributed by atoms with Crippen molar-refractivity contribution in [1.29, 1.82) is 0 Å². The van der Waals surface area contributed by atoms with Gasteiger partial charge in [0.05, 0.1) is 13.2 Å². The van der Waals surface area contributed by atoms with E-state index >= 15 is 0 Å². The Kier molecular flexibility index (Phi) is 4.78. The molecule has 29 heavy (non-hydrogen) atoms. The lowest BCUT2D eigenvalue weighted by Gasteiger charge is -2.39. The lowest BCUT2D eigenvalue weighted by atomic mass is 10.1. The molecule has 0 saturated carbocycles. The highest BCUT2D eigenvalue weighted by molar-refractivity contribution is 6.03. The molecule has 1 atom stereocenters. The van der Waals surface area contributed by atoms with Gasteiger partial charge in [-0.25, -0.2) is 0 Å². The molecule has 2 heterocycles. The minimum absolute atomic E-state index is 0.0591. The van der Waals surface area contributed by atoms with Crippen LogP contribution in [0.3, 0.4) is 0 Å². The van der Waals surface area contributed by atoms with Gasteiger partial charge in [-0.2, -0.15) is 0 Å². The zero-order valence-electron chi connectivity index (χ0n) is 17.2. The Morgan fingerprint density at radius 3 is 2.69 bits per heavy atom. The van der Waals surface area contributed by atoms with Crippen molar-refractivity contribution in [3.63, 3.8) is 0 Å². The van der Waals surface area contributed by atoms with Crippen LogP contribution in [0.15, 0.2) is 42.5 Å². The van der Waals surface area contributed by atoms with Crippen LogP contribution in [0.2, 0.25) is 0 Å². The number of H-pyrrole nitrogens is 1. The predicted octanol–water partition coefficient (Wildman–Crippen LogP) is 3.67. The molecular formula is C23H25N3O3. The number of piperazine rings is 1. The van der Waals surface area contributed by atoms with Crippen LogP contribution in [0.4, 0.5) is 5.69 Å². The van der Waals surface area contributed by atoms with Crippen molar-refractivity contribution in [2.45, 2.75) is 26.8 Å². The van der Waals surface area contributed by atoms with Gasteiger partial charge in [0.2, 0.25) is 5.91 Å². The number of hydrogen-bond acceptors (Lipinski definition) is 3. The Morgan fingerprint density at radius 1 is 1.17 bits per heavy atom. The molecule has 1 saturated heterocycles. The summed E-state index contributed by atoms with van der Waals surface area (Å²) in [6, 6.07) is 13.0. The summed E-state index contributed by atoms with van der Waals surface area (Å²) in [5.74, 6) is 0.488. The van der Waals surface area contributed by atoms with Crippen LogP contribution < -0.4 is 9.64 Å². The molecule has 6 heteroatoms. The Hall–Kier alpha value is -3.28. The van der Waals surface area contributed by atoms with Gasteiger partial charge < -0.3 is 19.5 Å². The van der Waals surface area contributed by atoms with Gasteiger partial charge in [0.15, 0.2) is 0 Å². The number of carbonyl (C=O) groups is 2. The molecule has 2 aromatic carbocycles. The minimum atomic E-state index is -0.132. The molecule has 4 rings (SSSR count). The molecule has 0 bridgehead atoms. The van der Waals surface area contributed by atoms with E-state index in [2.05, 4.69) is 4.98 Å². The van der Waals surface area contributed by atoms with Gasteiger partial charge >= 0.3 is 0 Å². The van der Waals surface area contributed by atoms with Crippen LogP contribution in [-0.4, -0.2) is 47.9 Å². The standard InChI is InChI=1S/C23H25N3O3/c1-14-12-25(13-22(27)26(14)18-6-5-7-19(11-18)29-4)23(28)17-8-9-21-20(10-17)15(2)16(3)24-21/h5-11,14,24H,12-13H2,1-4H3/t14-/m1/s1. The lowest BCUT2D eigenvalue weighted by molar-refractivity contribution is -0.121. The second-order valence-electron chi connectivity index (χ2n) is 7.64. The molecule has 1 N–H and O–H groups in total. The van der Waals surface area contributed by atoms with Crippen LogP contribution in [0.5, 0.6) is 5.75 Å². The quantitative estimate of drug-likeness (QED) is 0.741. The first-order valence-corrected chi connectivity index (χ1v) is 9.73. The molecule has 1 aliphatic heterocycles. The van der Waals surface area contributed by atoms with Crippen molar-refractivity contribution >= 4 is 28.4 Å². The van der Waals surface area contributed by atoms with E-state index in [4.69, 9.17) is 4.74 Å². The van der Waals surface area contributed by atoms with Gasteiger partial charge in [0.25, 0.3) is 5.91 Å². The number of hydrogen-bond donors (Lipinski definition) is 1. The van der Waals surface area contributed by atoms with Gasteiger partial charge in [-0.15, -0.1) is 0 Å². The molecule has 3 aromatic rings. The van der Waals surface area contributed by atoms with Crippen molar-refractivity contribution in [2.24, 2.45) is 0 Å². The minimum Gasteiger partial charge on any atom is -0.497 e. The van der Waals surface area contributed by atoms with Gasteiger partial charge in [-0.1, -0.05) is 6.07 Å². The topological polar surface area (TPSA) is 65.6 Å². The molecule has 0 aliphatic carbocycles. The SMILES string of the molecule is COc1cccc(N2C(=O)CN(C(=O)c3ccc4[nH]c(C)c(C)c4c3)C[C@H]2C)c1. The molecule has 6 nitrogen and oxygen atoms in total. The molecule has 150 valence electrons. The number of methoxy groups -OCH3 is 1. The molecule has 1 aromatic heterocycles. The number of aromatic nitrogens is 1. The normalized spacial score (nSPS) is 17.1. The van der Waals surface area contributed by atoms with Crippen LogP contribution in [0.25, 0.3) is 10.9 Å². The largest absolute Gasteiger partial charge is 0.497 e. The van der Waals surface area contributed by atoms with Crippen LogP contribution >= 0.6 is 0 Å². The molecule has 0 unspecified atom stereocenters. The van der Waals surface area contributed by atoms with E-state index in [-0.39, 0.29) is 24.4 Å². The molecule has 2 amide bonds. The molecule has 0 spiro atoms. The first-order chi connectivity index (χ1) is 13.9. The maximum absolute atomic E-state index is 13.1. The number of amides is 2. The third-order valence-corrected chi connectivity index (χ3v) is 5.69. The highest BCUT2D eigenvalue weighted by Crippen LogP contribution is 2.27. The Balaban J connectivity index is 1.57. The Morgan fingerprint density at radius 2 is 1.97 bits per heavy atom. The number of carbonyl (C=O) groups excluding carboxylic acids is 2. The van der Waals surface area contributed by atoms with E-state index < -0.39 is 0 Å². The second kappa shape index (κ2) is 7.28. The van der Waals surface area contributed by atoms with Crippen molar-refractivity contribution in [1.82, 2.24) is 9.88 Å². The van der Waals surface area contributed by atoms with Crippen molar-refractivity contribution in [3.05, 3.63) is 59.3 Å². The zero-order valence-corrected chi connectivity index (χ0v) is 17.2. The van der Waals surface area contributed by atoms with E-state index in [1.165, 1.54) is 0 Å². The number of nitrogens with one attached hydrogen (secondary N) is 1. The van der Waals surface area contributed by atoms with Crippen LogP contribution in [-0.2, 0) is 4.79 Å². The monoisotopic (exact) mass is 391 g/mol. The summed E-state index contributed by atoms with van der Waals surface area (Å²) < 4.78 is 5.27. The highest BCUT2D eigenvalue weighted by Gasteiger charge is 2.33. The maximum atomic E-state index is 13.1. The third-order valence-electron chi connectivity index (χ3n) is 5.69. The first-order valence-electron chi connectivity index (χ1n) is 9.73. The summed E-state index contributed by atoms with van der Waals surface area (Å²) in [5, 5.41) is 1.04. The van der Waals surface area contributed by atoms with E-state index in [0.717, 1.165) is 27.8 Å². The van der Waals surface area contributed by atoms with E-state index in [0.29, 0.717) is 17.9 Å². The summed E-state index contributed by atoms with van der Waals surface area (Å²) in [6.07, 6.45) is 0. The lowest BCUT2D eigenvalue weighted by Crippen LogP contribution is -2.57. The molecular weight excluding hydrogens is 366 g/mol. The predicted molar refractivity (Wildman–Crippen MR) is 114 cm³/mol. The number of nitrogens with zero attached hydrogens (tertiary/aromatic N) is 2. The Labute approximate surface area is 170 Å². The fraction of sp³-hybridized carbons (Fsp3) is 0.304. The number of benzene rings is 2. The average Bonchev–Trinajstić information content (AvgIpc) is 3.00. The number of fused-ring (bicyclic) bond motifs is 1. The van der Waals surface area contributed by atoms with E-state index in [9.17, 15) is 9.59 Å². The molecule has 1 aliphatic rings. The number of aromatic amines is 1. The van der Waals surface area contributed by atoms with Crippen molar-refractivity contribution in [2.75, 3.05) is 25.1 Å². The number of rotatable bonds is 3. The van der Waals surface area contributed by atoms with Crippen LogP contribution in [0.1, 0.15) is 28.5 Å². The fourth-order valence-electron chi connectivity index (χ4n) is 4.04. The number of aryl methyl sites for hydroxylation is 2. The van der Waals surface area contributed by atoms with Gasteiger partial charge in [-0.3, -0.25) is 9.59 Å². The van der Waals surface area contributed by atoms with E-state index in [1.54, 1.807) is 16.9 Å². The van der Waals surface area contributed by atoms with Gasteiger partial charge in [0, 0.05) is 40.5 Å². The van der Waals surface area contributed by atoms with Gasteiger partial charge in [0.1, 0.15) is 12.3 Å². The van der Waals surface area contributed by atoms with E-state index in [1.807, 2.05) is 63.2 Å². The van der Waals surface area contributed by atoms with Crippen molar-refractivity contribution < 1.29 is 14.3 Å². The van der Waals surface area contributed by atoms with Gasteiger partial charge in [-0.05, 0) is 56.7 Å². The fourth-order valence-corrected chi connectivity index (χ4v) is 4.04. The first kappa shape index (κ1) is 19.1.